The highest BCUT2D eigenvalue weighted by Crippen LogP contribution is 2.41. The summed E-state index contributed by atoms with van der Waals surface area (Å²) in [6.07, 6.45) is -9.62. The summed E-state index contributed by atoms with van der Waals surface area (Å²) < 4.78 is 55.2. The zero-order valence-corrected chi connectivity index (χ0v) is 34.3. The van der Waals surface area contributed by atoms with E-state index in [0.29, 0.717) is 6.42 Å². The quantitative estimate of drug-likeness (QED) is 0.305. The molecule has 18 atom stereocenters. The first-order valence-electron chi connectivity index (χ1n) is 19.3. The van der Waals surface area contributed by atoms with Gasteiger partial charge in [-0.25, -0.2) is 4.79 Å². The number of cyclic esters (lactones) is 1. The maximum absolute atomic E-state index is 14.3. The Bertz CT molecular complexity index is 1290. The Labute approximate surface area is 320 Å². The van der Waals surface area contributed by atoms with Gasteiger partial charge in [-0.05, 0) is 74.9 Å². The van der Waals surface area contributed by atoms with E-state index in [1.54, 1.807) is 41.5 Å². The number of carbonyl (C=O) groups excluding carboxylic acids is 3. The van der Waals surface area contributed by atoms with Crippen LogP contribution < -0.4 is 5.32 Å². The minimum Gasteiger partial charge on any atom is -0.458 e. The number of ether oxygens (including phenoxy) is 9. The number of carbonyl (C=O) groups is 3. The summed E-state index contributed by atoms with van der Waals surface area (Å²) in [5, 5.41) is 25.5. The fourth-order valence-corrected chi connectivity index (χ4v) is 8.56. The standard InChI is InChI=1S/C38H66N2O14/c1-14-25-30-29(52-36(45)53-30)22(6)39-33(43)18(2)16-38(9,47-13)32(54-35-27(41)24(40(10)11)15-19(3)48-35)20(4)28(21(5)34(44)50-25)51-26-17-37(8,46-12)31(42)23(7)49-26/h18-32,35,41-42H,14-17H2,1-13H3,(H,39,43)/t18-,19-,20+,21-,22-,23-,24-,25-,26-,27-,28+,29-,30-,31+,32-,35+,37+,38-/m1/s1. The highest BCUT2D eigenvalue weighted by atomic mass is 16.8. The van der Waals surface area contributed by atoms with Gasteiger partial charge in [-0.15, -0.1) is 0 Å². The summed E-state index contributed by atoms with van der Waals surface area (Å²) in [5.41, 5.74) is -2.27. The fraction of sp³-hybridized carbons (Fsp3) is 0.921. The topological polar surface area (TPSA) is 190 Å². The van der Waals surface area contributed by atoms with Crippen molar-refractivity contribution in [3.63, 3.8) is 0 Å². The van der Waals surface area contributed by atoms with Gasteiger partial charge in [0.2, 0.25) is 5.91 Å². The lowest BCUT2D eigenvalue weighted by Gasteiger charge is -2.49. The highest BCUT2D eigenvalue weighted by Gasteiger charge is 2.53. The predicted octanol–water partition coefficient (Wildman–Crippen LogP) is 2.53. The van der Waals surface area contributed by atoms with Gasteiger partial charge in [0.1, 0.15) is 18.3 Å². The Morgan fingerprint density at radius 3 is 2.09 bits per heavy atom. The Hall–Kier alpha value is -2.15. The number of rotatable bonds is 8. The van der Waals surface area contributed by atoms with Gasteiger partial charge in [-0.2, -0.15) is 0 Å². The molecule has 0 aromatic rings. The van der Waals surface area contributed by atoms with Gasteiger partial charge in [0.15, 0.2) is 24.8 Å². The number of aliphatic hydroxyl groups is 2. The second-order valence-electron chi connectivity index (χ2n) is 16.5. The average molecular weight is 775 g/mol. The van der Waals surface area contributed by atoms with Crippen LogP contribution in [0.2, 0.25) is 0 Å². The van der Waals surface area contributed by atoms with E-state index in [1.165, 1.54) is 14.2 Å². The van der Waals surface area contributed by atoms with Crippen LogP contribution >= 0.6 is 0 Å². The van der Waals surface area contributed by atoms with Crippen LogP contribution in [0.1, 0.15) is 88.0 Å². The van der Waals surface area contributed by atoms with E-state index in [4.69, 9.17) is 42.6 Å². The molecule has 4 heterocycles. The minimum absolute atomic E-state index is 0.128. The van der Waals surface area contributed by atoms with Crippen molar-refractivity contribution in [3.8, 4) is 0 Å². The van der Waals surface area contributed by atoms with Gasteiger partial charge in [0, 0.05) is 38.5 Å². The second-order valence-corrected chi connectivity index (χ2v) is 16.5. The number of amides is 1. The van der Waals surface area contributed by atoms with Crippen LogP contribution in [0.5, 0.6) is 0 Å². The number of hydrogen-bond acceptors (Lipinski definition) is 15. The number of nitrogens with one attached hydrogen (secondary N) is 1. The van der Waals surface area contributed by atoms with Crippen molar-refractivity contribution in [2.75, 3.05) is 28.3 Å². The van der Waals surface area contributed by atoms with E-state index in [1.807, 2.05) is 39.8 Å². The largest absolute Gasteiger partial charge is 0.509 e. The Balaban J connectivity index is 1.84. The summed E-state index contributed by atoms with van der Waals surface area (Å²) >= 11 is 0. The molecule has 0 radical (unpaired) electrons. The first-order valence-corrected chi connectivity index (χ1v) is 19.3. The van der Waals surface area contributed by atoms with E-state index in [9.17, 15) is 24.6 Å². The molecule has 0 unspecified atom stereocenters. The maximum atomic E-state index is 14.3. The van der Waals surface area contributed by atoms with Gasteiger partial charge in [-0.3, -0.25) is 9.59 Å². The highest BCUT2D eigenvalue weighted by molar-refractivity contribution is 5.79. The van der Waals surface area contributed by atoms with Gasteiger partial charge in [0.05, 0.1) is 47.6 Å². The van der Waals surface area contributed by atoms with Gasteiger partial charge in [-0.1, -0.05) is 20.8 Å². The van der Waals surface area contributed by atoms with Crippen molar-refractivity contribution in [2.45, 2.75) is 179 Å². The smallest absolute Gasteiger partial charge is 0.458 e. The molecular formula is C38H66N2O14. The zero-order valence-electron chi connectivity index (χ0n) is 34.3. The summed E-state index contributed by atoms with van der Waals surface area (Å²) in [5.74, 6) is -3.35. The molecule has 1 amide bonds. The monoisotopic (exact) mass is 774 g/mol. The summed E-state index contributed by atoms with van der Waals surface area (Å²) in [4.78, 5) is 42.5. The van der Waals surface area contributed by atoms with Crippen LogP contribution in [-0.4, -0.2) is 152 Å². The lowest BCUT2D eigenvalue weighted by atomic mass is 9.77. The molecule has 16 heteroatoms. The third kappa shape index (κ3) is 9.51. The number of hydrogen-bond donors (Lipinski definition) is 3. The first kappa shape index (κ1) is 44.6. The molecule has 4 saturated heterocycles. The van der Waals surface area contributed by atoms with Gasteiger partial charge in [0.25, 0.3) is 0 Å². The number of aliphatic hydroxyl groups excluding tert-OH is 2. The van der Waals surface area contributed by atoms with E-state index >= 15 is 0 Å². The Morgan fingerprint density at radius 1 is 0.870 bits per heavy atom. The van der Waals surface area contributed by atoms with Crippen LogP contribution in [0.25, 0.3) is 0 Å². The molecule has 4 rings (SSSR count). The molecular weight excluding hydrogens is 708 g/mol. The average Bonchev–Trinajstić information content (AvgIpc) is 3.51. The van der Waals surface area contributed by atoms with Gasteiger partial charge < -0.3 is 63.1 Å². The van der Waals surface area contributed by atoms with E-state index in [-0.39, 0.29) is 37.3 Å². The molecule has 0 bridgehead atoms. The number of esters is 1. The Morgan fingerprint density at radius 2 is 1.50 bits per heavy atom. The fourth-order valence-electron chi connectivity index (χ4n) is 8.56. The molecule has 0 aliphatic carbocycles. The van der Waals surface area contributed by atoms with Crippen molar-refractivity contribution < 1.29 is 67.2 Å². The van der Waals surface area contributed by atoms with Crippen LogP contribution in [0.15, 0.2) is 0 Å². The number of fused-ring (bicyclic) bond motifs is 1. The van der Waals surface area contributed by atoms with Crippen LogP contribution in [0.4, 0.5) is 4.79 Å². The molecule has 4 aliphatic heterocycles. The summed E-state index contributed by atoms with van der Waals surface area (Å²) in [7, 11) is 6.79. The summed E-state index contributed by atoms with van der Waals surface area (Å²) in [6.45, 7) is 16.0. The molecule has 54 heavy (non-hydrogen) atoms. The molecule has 4 aliphatic rings. The van der Waals surface area contributed by atoms with Crippen molar-refractivity contribution >= 4 is 18.0 Å². The van der Waals surface area contributed by atoms with Crippen LogP contribution in [0.3, 0.4) is 0 Å². The number of nitrogens with zero attached hydrogens (tertiary/aromatic N) is 1. The molecule has 16 nitrogen and oxygen atoms in total. The predicted molar refractivity (Wildman–Crippen MR) is 193 cm³/mol. The molecule has 0 spiro atoms. The first-order chi connectivity index (χ1) is 25.2. The lowest BCUT2D eigenvalue weighted by Crippen LogP contribution is -2.61. The third-order valence-electron chi connectivity index (χ3n) is 12.1. The number of likely N-dealkylation sites (N-methyl/N-ethyl adjacent to an activating group) is 1. The maximum Gasteiger partial charge on any atom is 0.509 e. The third-order valence-corrected chi connectivity index (χ3v) is 12.1. The van der Waals surface area contributed by atoms with Crippen LogP contribution in [0, 0.1) is 17.8 Å². The van der Waals surface area contributed by atoms with Crippen molar-refractivity contribution in [3.05, 3.63) is 0 Å². The summed E-state index contributed by atoms with van der Waals surface area (Å²) in [6, 6.07) is -0.983. The minimum atomic E-state index is -1.24. The molecule has 0 aromatic heterocycles. The molecule has 0 aromatic carbocycles. The lowest BCUT2D eigenvalue weighted by molar-refractivity contribution is -0.319. The van der Waals surface area contributed by atoms with E-state index in [0.717, 1.165) is 0 Å². The molecule has 312 valence electrons. The molecule has 3 N–H and O–H groups in total. The zero-order chi connectivity index (χ0) is 40.4. The normalized spacial score (nSPS) is 47.1. The van der Waals surface area contributed by atoms with Crippen LogP contribution in [-0.2, 0) is 52.2 Å². The molecule has 0 saturated carbocycles. The Kier molecular flexibility index (Phi) is 14.8. The molecule has 4 fully saturated rings. The SMILES string of the molecule is CC[C@H]1OC(=O)[C@H](C)[C@@H](O[C@@H]2C[C@](C)(OC)[C@@H](O)[C@@H](C)O2)[C@H](C)[C@@H](O[C@@H]2O[C@H](C)C[C@@H](N(C)C)[C@H]2O)[C@](C)(OC)C[C@@H](C)C(=O)N[C@H](C)[C@H]2OC(=O)O[C@@H]21. The van der Waals surface area contributed by atoms with E-state index in [2.05, 4.69) is 5.32 Å². The van der Waals surface area contributed by atoms with Gasteiger partial charge >= 0.3 is 12.1 Å². The van der Waals surface area contributed by atoms with E-state index < -0.39 is 109 Å². The number of methoxy groups -OCH3 is 2. The van der Waals surface area contributed by atoms with Crippen molar-refractivity contribution in [1.29, 1.82) is 0 Å². The van der Waals surface area contributed by atoms with Crippen molar-refractivity contribution in [1.82, 2.24) is 10.2 Å². The second kappa shape index (κ2) is 18.0. The van der Waals surface area contributed by atoms with Crippen molar-refractivity contribution in [2.24, 2.45) is 17.8 Å².